The number of rotatable bonds is 4. The fourth-order valence-electron chi connectivity index (χ4n) is 4.33. The van der Waals surface area contributed by atoms with Gasteiger partial charge in [-0.1, -0.05) is 0 Å². The predicted molar refractivity (Wildman–Crippen MR) is 116 cm³/mol. The summed E-state index contributed by atoms with van der Waals surface area (Å²) in [5.74, 6) is -1.14. The Hall–Kier alpha value is -3.69. The molecule has 2 aromatic heterocycles. The lowest BCUT2D eigenvalue weighted by atomic mass is 10.1. The summed E-state index contributed by atoms with van der Waals surface area (Å²) >= 11 is 0. The van der Waals surface area contributed by atoms with Crippen LogP contribution in [0, 0.1) is 12.7 Å². The van der Waals surface area contributed by atoms with E-state index in [9.17, 15) is 14.7 Å². The van der Waals surface area contributed by atoms with Gasteiger partial charge in [-0.25, -0.2) is 19.2 Å². The number of aryl methyl sites for hydroxylation is 1. The van der Waals surface area contributed by atoms with Crippen molar-refractivity contribution in [2.24, 2.45) is 0 Å². The van der Waals surface area contributed by atoms with E-state index >= 15 is 4.39 Å². The predicted octanol–water partition coefficient (Wildman–Crippen LogP) is 2.58. The minimum Gasteiger partial charge on any atom is -0.487 e. The van der Waals surface area contributed by atoms with Crippen LogP contribution in [0.15, 0.2) is 29.5 Å². The molecule has 0 amide bonds. The molecule has 5 rings (SSSR count). The summed E-state index contributed by atoms with van der Waals surface area (Å²) in [6, 6.07) is 0.816. The summed E-state index contributed by atoms with van der Waals surface area (Å²) in [4.78, 5) is 35.0. The quantitative estimate of drug-likeness (QED) is 0.639. The highest BCUT2D eigenvalue weighted by Gasteiger charge is 2.31. The summed E-state index contributed by atoms with van der Waals surface area (Å²) in [5.41, 5.74) is 0.443. The van der Waals surface area contributed by atoms with Crippen molar-refractivity contribution >= 4 is 28.5 Å². The zero-order valence-electron chi connectivity index (χ0n) is 17.6. The van der Waals surface area contributed by atoms with Gasteiger partial charge in [0.25, 0.3) is 0 Å². The number of nitrogens with zero attached hydrogens (tertiary/aromatic N) is 4. The van der Waals surface area contributed by atoms with E-state index < -0.39 is 17.2 Å². The van der Waals surface area contributed by atoms with Crippen molar-refractivity contribution in [3.8, 4) is 5.75 Å². The highest BCUT2D eigenvalue weighted by Crippen LogP contribution is 2.40. The fraction of sp³-hybridized carbons (Fsp3) is 0.364. The van der Waals surface area contributed by atoms with Crippen molar-refractivity contribution in [1.29, 1.82) is 0 Å². The van der Waals surface area contributed by atoms with Crippen molar-refractivity contribution in [2.45, 2.75) is 32.4 Å². The number of carboxylic acid groups (broad SMARTS) is 1. The largest absolute Gasteiger partial charge is 0.487 e. The van der Waals surface area contributed by atoms with Crippen LogP contribution in [0.5, 0.6) is 5.75 Å². The number of anilines is 2. The minimum absolute atomic E-state index is 0.00407. The van der Waals surface area contributed by atoms with Crippen molar-refractivity contribution in [2.75, 3.05) is 29.9 Å². The van der Waals surface area contributed by atoms with Gasteiger partial charge in [-0.2, -0.15) is 0 Å². The van der Waals surface area contributed by atoms with E-state index in [4.69, 9.17) is 4.74 Å². The molecule has 1 fully saturated rings. The number of aromatic nitrogens is 3. The van der Waals surface area contributed by atoms with Gasteiger partial charge in [-0.15, -0.1) is 0 Å². The topological polar surface area (TPSA) is 110 Å². The highest BCUT2D eigenvalue weighted by atomic mass is 19.1. The van der Waals surface area contributed by atoms with Crippen LogP contribution in [-0.4, -0.2) is 51.3 Å². The molecule has 2 atom stereocenters. The average Bonchev–Trinajstić information content (AvgIpc) is 3.23. The first-order valence-electron chi connectivity index (χ1n) is 10.4. The Morgan fingerprint density at radius 3 is 2.81 bits per heavy atom. The van der Waals surface area contributed by atoms with Crippen LogP contribution < -0.4 is 20.4 Å². The fourth-order valence-corrected chi connectivity index (χ4v) is 4.33. The van der Waals surface area contributed by atoms with Gasteiger partial charge in [0, 0.05) is 37.7 Å². The van der Waals surface area contributed by atoms with Gasteiger partial charge >= 0.3 is 5.97 Å². The van der Waals surface area contributed by atoms with E-state index in [1.165, 1.54) is 6.20 Å². The molecule has 1 saturated heterocycles. The summed E-state index contributed by atoms with van der Waals surface area (Å²) in [6.45, 7) is 5.31. The second kappa shape index (κ2) is 7.47. The van der Waals surface area contributed by atoms with E-state index in [1.807, 2.05) is 18.7 Å². The van der Waals surface area contributed by atoms with Crippen LogP contribution in [-0.2, 0) is 0 Å². The van der Waals surface area contributed by atoms with Crippen molar-refractivity contribution < 1.29 is 19.0 Å². The number of ether oxygens (including phenoxy) is 1. The summed E-state index contributed by atoms with van der Waals surface area (Å²) in [5, 5.41) is 12.6. The number of halogens is 1. The van der Waals surface area contributed by atoms with Gasteiger partial charge in [0.1, 0.15) is 17.9 Å². The molecule has 32 heavy (non-hydrogen) atoms. The molecular weight excluding hydrogens is 417 g/mol. The summed E-state index contributed by atoms with van der Waals surface area (Å²) in [7, 11) is 0. The number of hydrogen-bond donors (Lipinski definition) is 2. The maximum atomic E-state index is 15.2. The van der Waals surface area contributed by atoms with Crippen LogP contribution >= 0.6 is 0 Å². The lowest BCUT2D eigenvalue weighted by Crippen LogP contribution is -2.30. The molecule has 1 aromatic carbocycles. The smallest absolute Gasteiger partial charge is 0.341 e. The summed E-state index contributed by atoms with van der Waals surface area (Å²) in [6.07, 6.45) is 5.58. The maximum Gasteiger partial charge on any atom is 0.341 e. The normalized spacial score (nSPS) is 19.8. The molecule has 2 aliphatic heterocycles. The third-order valence-electron chi connectivity index (χ3n) is 5.98. The molecule has 0 aliphatic carbocycles. The highest BCUT2D eigenvalue weighted by molar-refractivity contribution is 5.97. The number of pyridine rings is 1. The number of nitrogens with one attached hydrogen (secondary N) is 1. The molecule has 0 unspecified atom stereocenters. The molecule has 9 nitrogen and oxygen atoms in total. The van der Waals surface area contributed by atoms with Gasteiger partial charge in [-0.05, 0) is 31.9 Å². The molecule has 3 aromatic rings. The molecular formula is C22H22FN5O4. The first-order valence-corrected chi connectivity index (χ1v) is 10.4. The Kier molecular flexibility index (Phi) is 4.72. The first kappa shape index (κ1) is 20.2. The number of hydrogen-bond acceptors (Lipinski definition) is 7. The van der Waals surface area contributed by atoms with Crippen molar-refractivity contribution in [3.63, 3.8) is 0 Å². The standard InChI is InChI=1S/C22H22FN5O4/c1-11-6-24-22(25-7-11)27-4-3-13(8-27)26-17-16(23)5-14-18-20(17)32-10-12(2)28(18)9-15(19(14)29)21(30)31/h5-7,9,12-13,26H,3-4,8,10H2,1-2H3,(H,30,31)/t12-,13+/m0/s1. The van der Waals surface area contributed by atoms with E-state index in [0.29, 0.717) is 18.0 Å². The van der Waals surface area contributed by atoms with Gasteiger partial charge in [-0.3, -0.25) is 4.79 Å². The third-order valence-corrected chi connectivity index (χ3v) is 5.98. The molecule has 166 valence electrons. The Labute approximate surface area is 182 Å². The molecule has 0 bridgehead atoms. The van der Waals surface area contributed by atoms with Crippen LogP contribution in [0.1, 0.15) is 35.3 Å². The number of carboxylic acids is 1. The SMILES string of the molecule is Cc1cnc(N2CC[C@@H](Nc3c(F)cc4c(=O)c(C(=O)O)cn5c4c3OC[C@@H]5C)C2)nc1. The lowest BCUT2D eigenvalue weighted by molar-refractivity contribution is 0.0694. The first-order chi connectivity index (χ1) is 15.3. The van der Waals surface area contributed by atoms with Crippen molar-refractivity contribution in [3.05, 3.63) is 51.8 Å². The van der Waals surface area contributed by atoms with Crippen LogP contribution in [0.3, 0.4) is 0 Å². The number of benzene rings is 1. The lowest BCUT2D eigenvalue weighted by Gasteiger charge is -2.29. The Bertz CT molecular complexity index is 1290. The Morgan fingerprint density at radius 1 is 1.34 bits per heavy atom. The van der Waals surface area contributed by atoms with E-state index in [2.05, 4.69) is 15.3 Å². The Balaban J connectivity index is 1.52. The molecule has 4 heterocycles. The van der Waals surface area contributed by atoms with Gasteiger partial charge in [0.05, 0.1) is 16.9 Å². The molecule has 2 N–H and O–H groups in total. The zero-order chi connectivity index (χ0) is 22.6. The second-order valence-corrected chi connectivity index (χ2v) is 8.34. The summed E-state index contributed by atoms with van der Waals surface area (Å²) < 4.78 is 22.7. The van der Waals surface area contributed by atoms with Crippen molar-refractivity contribution in [1.82, 2.24) is 14.5 Å². The minimum atomic E-state index is -1.34. The maximum absolute atomic E-state index is 15.2. The number of carbonyl (C=O) groups is 1. The van der Waals surface area contributed by atoms with E-state index in [-0.39, 0.29) is 41.1 Å². The molecule has 0 saturated carbocycles. The monoisotopic (exact) mass is 439 g/mol. The van der Waals surface area contributed by atoms with Crippen LogP contribution in [0.25, 0.3) is 10.9 Å². The molecule has 0 spiro atoms. The van der Waals surface area contributed by atoms with Gasteiger partial charge < -0.3 is 24.6 Å². The second-order valence-electron chi connectivity index (χ2n) is 8.34. The van der Waals surface area contributed by atoms with Gasteiger partial charge in [0.2, 0.25) is 11.4 Å². The van der Waals surface area contributed by atoms with Gasteiger partial charge in [0.15, 0.2) is 11.6 Å². The van der Waals surface area contributed by atoms with E-state index in [1.54, 1.807) is 17.0 Å². The zero-order valence-corrected chi connectivity index (χ0v) is 17.6. The number of aromatic carboxylic acids is 1. The average molecular weight is 439 g/mol. The van der Waals surface area contributed by atoms with E-state index in [0.717, 1.165) is 24.6 Å². The molecule has 0 radical (unpaired) electrons. The Morgan fingerprint density at radius 2 is 2.09 bits per heavy atom. The van der Waals surface area contributed by atoms with Crippen LogP contribution in [0.2, 0.25) is 0 Å². The molecule has 10 heteroatoms. The third kappa shape index (κ3) is 3.22. The van der Waals surface area contributed by atoms with Crippen LogP contribution in [0.4, 0.5) is 16.0 Å². The molecule has 2 aliphatic rings.